The Labute approximate surface area is 150 Å². The maximum absolute atomic E-state index is 12.9. The van der Waals surface area contributed by atoms with Gasteiger partial charge in [0.2, 0.25) is 0 Å². The van der Waals surface area contributed by atoms with Gasteiger partial charge in [0.15, 0.2) is 11.5 Å². The number of ether oxygens (including phenoxy) is 1. The summed E-state index contributed by atoms with van der Waals surface area (Å²) in [6.07, 6.45) is 1.61. The summed E-state index contributed by atoms with van der Waals surface area (Å²) in [4.78, 5) is 25.5. The molecule has 1 amide bonds. The number of fused-ring (bicyclic) bond motifs is 1. The molecule has 5 nitrogen and oxygen atoms in total. The molecule has 2 aromatic carbocycles. The van der Waals surface area contributed by atoms with Gasteiger partial charge in [0.05, 0.1) is 5.69 Å². The van der Waals surface area contributed by atoms with Crippen molar-refractivity contribution >= 4 is 35.2 Å². The lowest BCUT2D eigenvalue weighted by Gasteiger charge is -2.33. The molecule has 1 heterocycles. The molecule has 1 aliphatic rings. The summed E-state index contributed by atoms with van der Waals surface area (Å²) >= 11 is 6.00. The predicted molar refractivity (Wildman–Crippen MR) is 95.8 cm³/mol. The minimum atomic E-state index is -1.11. The molecule has 0 saturated carbocycles. The van der Waals surface area contributed by atoms with Crippen molar-refractivity contribution in [2.24, 2.45) is 0 Å². The van der Waals surface area contributed by atoms with E-state index in [9.17, 15) is 14.7 Å². The highest BCUT2D eigenvalue weighted by Gasteiger charge is 2.36. The Kier molecular flexibility index (Phi) is 4.51. The number of nitrogens with zero attached hydrogens (tertiary/aromatic N) is 1. The van der Waals surface area contributed by atoms with E-state index in [0.29, 0.717) is 16.5 Å². The van der Waals surface area contributed by atoms with Crippen LogP contribution in [0.25, 0.3) is 6.08 Å². The van der Waals surface area contributed by atoms with Crippen LogP contribution in [-0.4, -0.2) is 23.0 Å². The second-order valence-electron chi connectivity index (χ2n) is 5.83. The van der Waals surface area contributed by atoms with Gasteiger partial charge in [-0.15, -0.1) is 0 Å². The number of carboxylic acids is 1. The highest BCUT2D eigenvalue weighted by molar-refractivity contribution is 6.31. The highest BCUT2D eigenvalue weighted by atomic mass is 35.5. The lowest BCUT2D eigenvalue weighted by Crippen LogP contribution is -2.47. The fourth-order valence-corrected chi connectivity index (χ4v) is 2.82. The molecule has 0 aliphatic carbocycles. The van der Waals surface area contributed by atoms with Gasteiger partial charge in [-0.25, -0.2) is 4.79 Å². The van der Waals surface area contributed by atoms with Crippen LogP contribution in [0.3, 0.4) is 0 Å². The van der Waals surface area contributed by atoms with E-state index in [4.69, 9.17) is 16.3 Å². The van der Waals surface area contributed by atoms with Crippen LogP contribution >= 0.6 is 11.6 Å². The SMILES string of the molecule is Cc1cccc(/C=C2/Oc3ccc(Cl)cc3N(C(C)C(=O)O)C2=O)c1. The van der Waals surface area contributed by atoms with Crippen molar-refractivity contribution in [1.29, 1.82) is 0 Å². The summed E-state index contributed by atoms with van der Waals surface area (Å²) < 4.78 is 5.72. The van der Waals surface area contributed by atoms with Crippen molar-refractivity contribution in [3.63, 3.8) is 0 Å². The standard InChI is InChI=1S/C19H16ClNO4/c1-11-4-3-5-13(8-11)9-17-18(22)21(12(2)19(23)24)15-10-14(20)6-7-16(15)25-17/h3-10,12H,1-2H3,(H,23,24)/b17-9+. The van der Waals surface area contributed by atoms with Crippen LogP contribution in [0.4, 0.5) is 5.69 Å². The number of hydrogen-bond acceptors (Lipinski definition) is 3. The molecular weight excluding hydrogens is 342 g/mol. The van der Waals surface area contributed by atoms with Gasteiger partial charge in [-0.05, 0) is 43.7 Å². The van der Waals surface area contributed by atoms with Gasteiger partial charge in [-0.3, -0.25) is 9.69 Å². The first-order valence-electron chi connectivity index (χ1n) is 7.69. The van der Waals surface area contributed by atoms with Crippen molar-refractivity contribution < 1.29 is 19.4 Å². The number of aryl methyl sites for hydroxylation is 1. The molecule has 0 saturated heterocycles. The van der Waals surface area contributed by atoms with Crippen molar-refractivity contribution in [2.75, 3.05) is 4.90 Å². The van der Waals surface area contributed by atoms with E-state index < -0.39 is 17.9 Å². The van der Waals surface area contributed by atoms with E-state index in [1.54, 1.807) is 18.2 Å². The van der Waals surface area contributed by atoms with Gasteiger partial charge >= 0.3 is 5.97 Å². The molecule has 1 aliphatic heterocycles. The Morgan fingerprint density at radius 2 is 2.04 bits per heavy atom. The van der Waals surface area contributed by atoms with E-state index in [0.717, 1.165) is 11.1 Å². The van der Waals surface area contributed by atoms with Gasteiger partial charge < -0.3 is 9.84 Å². The van der Waals surface area contributed by atoms with Gasteiger partial charge in [0.1, 0.15) is 6.04 Å². The van der Waals surface area contributed by atoms with Crippen LogP contribution in [0.2, 0.25) is 5.02 Å². The van der Waals surface area contributed by atoms with E-state index in [-0.39, 0.29) is 5.76 Å². The molecule has 0 bridgehead atoms. The minimum absolute atomic E-state index is 0.0634. The predicted octanol–water partition coefficient (Wildman–Crippen LogP) is 3.89. The number of benzene rings is 2. The van der Waals surface area contributed by atoms with Crippen LogP contribution in [0.15, 0.2) is 48.2 Å². The zero-order valence-corrected chi connectivity index (χ0v) is 14.4. The Morgan fingerprint density at radius 1 is 1.28 bits per heavy atom. The number of aliphatic carboxylic acids is 1. The number of hydrogen-bond donors (Lipinski definition) is 1. The number of carbonyl (C=O) groups is 2. The third-order valence-electron chi connectivity index (χ3n) is 3.91. The number of halogens is 1. The highest BCUT2D eigenvalue weighted by Crippen LogP contribution is 2.39. The van der Waals surface area contributed by atoms with Gasteiger partial charge in [-0.1, -0.05) is 41.4 Å². The van der Waals surface area contributed by atoms with E-state index >= 15 is 0 Å². The smallest absolute Gasteiger partial charge is 0.326 e. The lowest BCUT2D eigenvalue weighted by molar-refractivity contribution is -0.139. The number of amides is 1. The summed E-state index contributed by atoms with van der Waals surface area (Å²) in [5.41, 5.74) is 2.18. The topological polar surface area (TPSA) is 66.8 Å². The summed E-state index contributed by atoms with van der Waals surface area (Å²) in [5.74, 6) is -1.19. The Morgan fingerprint density at radius 3 is 2.72 bits per heavy atom. The number of rotatable bonds is 3. The summed E-state index contributed by atoms with van der Waals surface area (Å²) in [5, 5.41) is 9.76. The van der Waals surface area contributed by atoms with Gasteiger partial charge in [-0.2, -0.15) is 0 Å². The fourth-order valence-electron chi connectivity index (χ4n) is 2.65. The molecular formula is C19H16ClNO4. The summed E-state index contributed by atoms with van der Waals surface area (Å²) in [6, 6.07) is 11.3. The largest absolute Gasteiger partial charge is 0.480 e. The van der Waals surface area contributed by atoms with Gasteiger partial charge in [0, 0.05) is 5.02 Å². The molecule has 0 spiro atoms. The maximum Gasteiger partial charge on any atom is 0.326 e. The van der Waals surface area contributed by atoms with Crippen LogP contribution in [0.5, 0.6) is 5.75 Å². The van der Waals surface area contributed by atoms with Crippen LogP contribution in [0, 0.1) is 6.92 Å². The second-order valence-corrected chi connectivity index (χ2v) is 6.26. The van der Waals surface area contributed by atoms with Crippen LogP contribution in [0.1, 0.15) is 18.1 Å². The minimum Gasteiger partial charge on any atom is -0.480 e. The first-order chi connectivity index (χ1) is 11.9. The van der Waals surface area contributed by atoms with Crippen molar-refractivity contribution in [2.45, 2.75) is 19.9 Å². The summed E-state index contributed by atoms with van der Waals surface area (Å²) in [7, 11) is 0. The molecule has 1 N–H and O–H groups in total. The second kappa shape index (κ2) is 6.61. The molecule has 1 atom stereocenters. The van der Waals surface area contributed by atoms with Crippen molar-refractivity contribution in [1.82, 2.24) is 0 Å². The molecule has 0 fully saturated rings. The zero-order chi connectivity index (χ0) is 18.1. The maximum atomic E-state index is 12.9. The summed E-state index contributed by atoms with van der Waals surface area (Å²) in [6.45, 7) is 3.39. The molecule has 0 radical (unpaired) electrons. The molecule has 128 valence electrons. The Balaban J connectivity index is 2.11. The average Bonchev–Trinajstić information content (AvgIpc) is 2.55. The fraction of sp³-hybridized carbons (Fsp3) is 0.158. The van der Waals surface area contributed by atoms with Crippen LogP contribution in [-0.2, 0) is 9.59 Å². The van der Waals surface area contributed by atoms with E-state index in [1.807, 2.05) is 31.2 Å². The first kappa shape index (κ1) is 17.0. The third-order valence-corrected chi connectivity index (χ3v) is 4.15. The zero-order valence-electron chi connectivity index (χ0n) is 13.7. The Hall–Kier alpha value is -2.79. The quantitative estimate of drug-likeness (QED) is 0.846. The normalized spacial score (nSPS) is 16.4. The van der Waals surface area contributed by atoms with Crippen LogP contribution < -0.4 is 9.64 Å². The first-order valence-corrected chi connectivity index (χ1v) is 8.07. The molecule has 0 aromatic heterocycles. The molecule has 25 heavy (non-hydrogen) atoms. The van der Waals surface area contributed by atoms with E-state index in [1.165, 1.54) is 17.9 Å². The third kappa shape index (κ3) is 3.37. The van der Waals surface area contributed by atoms with E-state index in [2.05, 4.69) is 0 Å². The van der Waals surface area contributed by atoms with Crippen molar-refractivity contribution in [3.8, 4) is 5.75 Å². The monoisotopic (exact) mass is 357 g/mol. The molecule has 1 unspecified atom stereocenters. The number of anilines is 1. The Bertz CT molecular complexity index is 891. The molecule has 6 heteroatoms. The number of carbonyl (C=O) groups excluding carboxylic acids is 1. The van der Waals surface area contributed by atoms with Crippen molar-refractivity contribution in [3.05, 3.63) is 64.4 Å². The molecule has 2 aromatic rings. The van der Waals surface area contributed by atoms with Gasteiger partial charge in [0.25, 0.3) is 5.91 Å². The lowest BCUT2D eigenvalue weighted by atomic mass is 10.1. The molecule has 3 rings (SSSR count). The number of carboxylic acid groups (broad SMARTS) is 1. The average molecular weight is 358 g/mol.